The molecule has 0 N–H and O–H groups in total. The maximum absolute atomic E-state index is 12.3. The fraction of sp³-hybridized carbons (Fsp3) is 0.125. The molecule has 0 aliphatic carbocycles. The number of benzene rings is 2. The average Bonchev–Trinajstić information content (AvgIpc) is 2.75. The molecular formula is C16H10N4O12. The molecule has 32 heavy (non-hydrogen) atoms. The van der Waals surface area contributed by atoms with Gasteiger partial charge in [-0.1, -0.05) is 0 Å². The summed E-state index contributed by atoms with van der Waals surface area (Å²) in [7, 11) is 1.67. The van der Waals surface area contributed by atoms with Crippen molar-refractivity contribution < 1.29 is 38.8 Å². The number of hydrogen-bond acceptors (Lipinski definition) is 12. The second-order valence-electron chi connectivity index (χ2n) is 5.79. The molecule has 0 atom stereocenters. The summed E-state index contributed by atoms with van der Waals surface area (Å²) in [6.45, 7) is 0. The molecule has 2 aromatic rings. The van der Waals surface area contributed by atoms with Crippen LogP contribution in [0.2, 0.25) is 0 Å². The van der Waals surface area contributed by atoms with Gasteiger partial charge in [0.05, 0.1) is 68.3 Å². The molecule has 166 valence electrons. The van der Waals surface area contributed by atoms with Crippen LogP contribution in [0, 0.1) is 40.5 Å². The van der Waals surface area contributed by atoms with Crippen molar-refractivity contribution in [3.05, 3.63) is 75.8 Å². The lowest BCUT2D eigenvalue weighted by atomic mass is 9.91. The summed E-state index contributed by atoms with van der Waals surface area (Å²) < 4.78 is 8.96. The predicted molar refractivity (Wildman–Crippen MR) is 101 cm³/mol. The number of non-ortho nitro benzene ring substituents is 2. The van der Waals surface area contributed by atoms with Crippen LogP contribution in [0.15, 0.2) is 24.3 Å². The molecule has 16 nitrogen and oxygen atoms in total. The van der Waals surface area contributed by atoms with E-state index >= 15 is 0 Å². The maximum atomic E-state index is 12.3. The van der Waals surface area contributed by atoms with Gasteiger partial charge in [-0.25, -0.2) is 9.59 Å². The van der Waals surface area contributed by atoms with E-state index in [4.69, 9.17) is 0 Å². The van der Waals surface area contributed by atoms with Gasteiger partial charge < -0.3 is 9.47 Å². The van der Waals surface area contributed by atoms with Crippen LogP contribution in [0.1, 0.15) is 20.7 Å². The fourth-order valence-electron chi connectivity index (χ4n) is 2.79. The first kappa shape index (κ1) is 23.3. The van der Waals surface area contributed by atoms with Crippen LogP contribution in [-0.2, 0) is 9.47 Å². The van der Waals surface area contributed by atoms with Gasteiger partial charge >= 0.3 is 11.9 Å². The minimum atomic E-state index is -1.37. The summed E-state index contributed by atoms with van der Waals surface area (Å²) in [5.74, 6) is -2.73. The number of esters is 2. The Bertz CT molecular complexity index is 1110. The normalized spacial score (nSPS) is 10.2. The second kappa shape index (κ2) is 8.78. The molecule has 2 rings (SSSR count). The average molecular weight is 450 g/mol. The van der Waals surface area contributed by atoms with Crippen molar-refractivity contribution >= 4 is 34.7 Å². The molecule has 0 radical (unpaired) electrons. The van der Waals surface area contributed by atoms with Crippen molar-refractivity contribution in [1.82, 2.24) is 0 Å². The van der Waals surface area contributed by atoms with Gasteiger partial charge in [0.25, 0.3) is 22.7 Å². The van der Waals surface area contributed by atoms with Crippen LogP contribution in [0.4, 0.5) is 22.7 Å². The molecule has 0 amide bonds. The smallest absolute Gasteiger partial charge is 0.339 e. The molecule has 0 aliphatic heterocycles. The van der Waals surface area contributed by atoms with E-state index in [1.807, 2.05) is 0 Å². The van der Waals surface area contributed by atoms with Crippen molar-refractivity contribution in [2.24, 2.45) is 0 Å². The molecule has 0 fully saturated rings. The highest BCUT2D eigenvalue weighted by atomic mass is 16.6. The van der Waals surface area contributed by atoms with E-state index in [0.717, 1.165) is 14.2 Å². The van der Waals surface area contributed by atoms with Crippen molar-refractivity contribution in [3.8, 4) is 11.1 Å². The van der Waals surface area contributed by atoms with E-state index in [9.17, 15) is 50.0 Å². The van der Waals surface area contributed by atoms with Crippen molar-refractivity contribution in [1.29, 1.82) is 0 Å². The lowest BCUT2D eigenvalue weighted by Gasteiger charge is -2.13. The van der Waals surface area contributed by atoms with Gasteiger partial charge in [0.15, 0.2) is 0 Å². The number of carbonyl (C=O) groups excluding carboxylic acids is 2. The molecule has 2 aromatic carbocycles. The van der Waals surface area contributed by atoms with Crippen LogP contribution in [0.3, 0.4) is 0 Å². The van der Waals surface area contributed by atoms with Crippen LogP contribution < -0.4 is 0 Å². The van der Waals surface area contributed by atoms with Crippen molar-refractivity contribution in [3.63, 3.8) is 0 Å². The summed E-state index contributed by atoms with van der Waals surface area (Å²) in [6, 6.07) is 1.93. The highest BCUT2D eigenvalue weighted by molar-refractivity contribution is 6.08. The van der Waals surface area contributed by atoms with Crippen LogP contribution in [0.25, 0.3) is 11.1 Å². The molecule has 0 aliphatic rings. The number of nitrogens with zero attached hydrogens (tertiary/aromatic N) is 4. The van der Waals surface area contributed by atoms with E-state index in [1.54, 1.807) is 0 Å². The van der Waals surface area contributed by atoms with Crippen LogP contribution in [-0.4, -0.2) is 45.9 Å². The first-order valence-electron chi connectivity index (χ1n) is 8.05. The number of methoxy groups -OCH3 is 2. The molecule has 0 spiro atoms. The number of nitro groups is 4. The van der Waals surface area contributed by atoms with E-state index in [-0.39, 0.29) is 0 Å². The molecule has 0 unspecified atom stereocenters. The number of hydrogen-bond donors (Lipinski definition) is 0. The minimum absolute atomic E-state index is 0.411. The summed E-state index contributed by atoms with van der Waals surface area (Å²) in [5.41, 5.74) is -7.70. The van der Waals surface area contributed by atoms with E-state index in [1.165, 1.54) is 0 Å². The maximum Gasteiger partial charge on any atom is 0.339 e. The Kier molecular flexibility index (Phi) is 6.38. The standard InChI is InChI=1S/C16H10N4O12/c1-31-15(21)9-3-7(17(23)24)5-11(19(27)28)13(9)14-10(16(22)32-2)4-8(18(25)26)6-12(14)20(29)30/h3-6H,1-2H3. The SMILES string of the molecule is COC(=O)c1cc([N+](=O)[O-])cc([N+](=O)[O-])c1-c1c(C(=O)OC)cc([N+](=O)[O-])cc1[N+](=O)[O-]. The zero-order chi connectivity index (χ0) is 24.3. The van der Waals surface area contributed by atoms with E-state index in [0.29, 0.717) is 24.3 Å². The minimum Gasteiger partial charge on any atom is -0.465 e. The van der Waals surface area contributed by atoms with Gasteiger partial charge in [-0.05, 0) is 0 Å². The zero-order valence-corrected chi connectivity index (χ0v) is 16.0. The Hall–Kier alpha value is -5.02. The highest BCUT2D eigenvalue weighted by Crippen LogP contribution is 2.45. The van der Waals surface area contributed by atoms with Crippen LogP contribution >= 0.6 is 0 Å². The van der Waals surface area contributed by atoms with Gasteiger partial charge in [-0.3, -0.25) is 40.5 Å². The Balaban J connectivity index is 3.23. The molecule has 0 saturated heterocycles. The zero-order valence-electron chi connectivity index (χ0n) is 16.0. The van der Waals surface area contributed by atoms with Crippen LogP contribution in [0.5, 0.6) is 0 Å². The van der Waals surface area contributed by atoms with Gasteiger partial charge in [-0.2, -0.15) is 0 Å². The molecule has 0 heterocycles. The third kappa shape index (κ3) is 4.13. The van der Waals surface area contributed by atoms with Crippen molar-refractivity contribution in [2.75, 3.05) is 14.2 Å². The fourth-order valence-corrected chi connectivity index (χ4v) is 2.79. The van der Waals surface area contributed by atoms with Gasteiger partial charge in [0, 0.05) is 12.1 Å². The number of ether oxygens (including phenoxy) is 2. The number of carbonyl (C=O) groups is 2. The highest BCUT2D eigenvalue weighted by Gasteiger charge is 2.37. The molecule has 0 saturated carbocycles. The Morgan fingerprint density at radius 1 is 0.625 bits per heavy atom. The molecule has 16 heteroatoms. The Morgan fingerprint density at radius 3 is 1.16 bits per heavy atom. The molecule has 0 aromatic heterocycles. The number of nitro benzene ring substituents is 4. The lowest BCUT2D eigenvalue weighted by molar-refractivity contribution is -0.395. The third-order valence-electron chi connectivity index (χ3n) is 4.08. The van der Waals surface area contributed by atoms with Gasteiger partial charge in [0.1, 0.15) is 0 Å². The first-order valence-corrected chi connectivity index (χ1v) is 8.05. The summed E-state index contributed by atoms with van der Waals surface area (Å²) in [6.07, 6.45) is 0. The summed E-state index contributed by atoms with van der Waals surface area (Å²) in [5, 5.41) is 45.7. The van der Waals surface area contributed by atoms with Gasteiger partial charge in [0.2, 0.25) is 0 Å². The molecular weight excluding hydrogens is 440 g/mol. The third-order valence-corrected chi connectivity index (χ3v) is 4.08. The largest absolute Gasteiger partial charge is 0.465 e. The Labute approximate surface area is 175 Å². The van der Waals surface area contributed by atoms with E-state index in [2.05, 4.69) is 9.47 Å². The van der Waals surface area contributed by atoms with Gasteiger partial charge in [-0.15, -0.1) is 0 Å². The van der Waals surface area contributed by atoms with Crippen molar-refractivity contribution in [2.45, 2.75) is 0 Å². The monoisotopic (exact) mass is 450 g/mol. The predicted octanol–water partition coefficient (Wildman–Crippen LogP) is 2.56. The van der Waals surface area contributed by atoms with E-state index < -0.39 is 76.6 Å². The first-order chi connectivity index (χ1) is 14.9. The quantitative estimate of drug-likeness (QED) is 0.337. The molecule has 0 bridgehead atoms. The Morgan fingerprint density at radius 2 is 0.938 bits per heavy atom. The second-order valence-corrected chi connectivity index (χ2v) is 5.79. The summed E-state index contributed by atoms with van der Waals surface area (Å²) in [4.78, 5) is 65.8. The lowest BCUT2D eigenvalue weighted by Crippen LogP contribution is -2.12. The number of rotatable bonds is 7. The topological polar surface area (TPSA) is 225 Å². The summed E-state index contributed by atoms with van der Waals surface area (Å²) >= 11 is 0.